The second-order valence-corrected chi connectivity index (χ2v) is 3.72. The van der Waals surface area contributed by atoms with Crippen molar-refractivity contribution in [2.75, 3.05) is 7.11 Å². The zero-order valence-electron chi connectivity index (χ0n) is 9.93. The number of hydrogen-bond donors (Lipinski definition) is 1. The Bertz CT molecular complexity index is 652. The molecule has 18 heavy (non-hydrogen) atoms. The smallest absolute Gasteiger partial charge is 0.337 e. The first kappa shape index (κ1) is 12.0. The topological polar surface area (TPSA) is 95.2 Å². The summed E-state index contributed by atoms with van der Waals surface area (Å²) < 4.78 is 4.61. The van der Waals surface area contributed by atoms with E-state index in [-0.39, 0.29) is 5.69 Å². The van der Waals surface area contributed by atoms with Gasteiger partial charge in [0, 0.05) is 0 Å². The van der Waals surface area contributed by atoms with E-state index in [9.17, 15) is 9.59 Å². The van der Waals surface area contributed by atoms with Crippen LogP contribution in [0.25, 0.3) is 11.0 Å². The predicted octanol–water partition coefficient (Wildman–Crippen LogP) is 0.824. The van der Waals surface area contributed by atoms with Gasteiger partial charge in [-0.25, -0.2) is 14.8 Å². The van der Waals surface area contributed by atoms with Crippen molar-refractivity contribution in [2.24, 2.45) is 5.73 Å². The highest BCUT2D eigenvalue weighted by molar-refractivity contribution is 5.96. The van der Waals surface area contributed by atoms with Gasteiger partial charge in [0.05, 0.1) is 29.4 Å². The number of hydrogen-bond acceptors (Lipinski definition) is 5. The molecule has 0 saturated heterocycles. The number of fused-ring (bicyclic) bond motifs is 1. The Morgan fingerprint density at radius 2 is 1.94 bits per heavy atom. The van der Waals surface area contributed by atoms with Crippen molar-refractivity contribution in [3.63, 3.8) is 0 Å². The number of nitrogens with two attached hydrogens (primary N) is 1. The van der Waals surface area contributed by atoms with Crippen molar-refractivity contribution in [2.45, 2.75) is 6.92 Å². The molecule has 0 radical (unpaired) electrons. The van der Waals surface area contributed by atoms with E-state index < -0.39 is 11.9 Å². The van der Waals surface area contributed by atoms with Crippen LogP contribution in [0.15, 0.2) is 18.2 Å². The SMILES string of the molecule is COC(=O)c1ccc2nc(C)c(C(N)=O)nc2c1. The molecule has 1 aromatic carbocycles. The number of benzene rings is 1. The van der Waals surface area contributed by atoms with E-state index in [1.165, 1.54) is 13.2 Å². The number of rotatable bonds is 2. The summed E-state index contributed by atoms with van der Waals surface area (Å²) in [5, 5.41) is 0. The lowest BCUT2D eigenvalue weighted by Crippen LogP contribution is -2.16. The third-order valence-corrected chi connectivity index (χ3v) is 2.49. The lowest BCUT2D eigenvalue weighted by atomic mass is 10.2. The first-order valence-corrected chi connectivity index (χ1v) is 5.19. The van der Waals surface area contributed by atoms with Gasteiger partial charge in [0.1, 0.15) is 5.69 Å². The highest BCUT2D eigenvalue weighted by atomic mass is 16.5. The molecule has 92 valence electrons. The van der Waals surface area contributed by atoms with Gasteiger partial charge in [-0.1, -0.05) is 0 Å². The van der Waals surface area contributed by atoms with Gasteiger partial charge in [-0.05, 0) is 25.1 Å². The number of carbonyl (C=O) groups excluding carboxylic acids is 2. The number of nitrogens with zero attached hydrogens (tertiary/aromatic N) is 2. The third-order valence-electron chi connectivity index (χ3n) is 2.49. The summed E-state index contributed by atoms with van der Waals surface area (Å²) in [4.78, 5) is 30.9. The molecule has 1 aromatic heterocycles. The normalized spacial score (nSPS) is 10.3. The summed E-state index contributed by atoms with van der Waals surface area (Å²) in [5.41, 5.74) is 7.12. The second kappa shape index (κ2) is 4.40. The number of aryl methyl sites for hydroxylation is 1. The quantitative estimate of drug-likeness (QED) is 0.790. The van der Waals surface area contributed by atoms with Crippen LogP contribution in [0.3, 0.4) is 0 Å². The maximum atomic E-state index is 11.4. The number of primary amides is 1. The molecule has 6 nitrogen and oxygen atoms in total. The highest BCUT2D eigenvalue weighted by Crippen LogP contribution is 2.15. The molecule has 0 aliphatic heterocycles. The van der Waals surface area contributed by atoms with E-state index in [4.69, 9.17) is 5.73 Å². The van der Waals surface area contributed by atoms with E-state index in [2.05, 4.69) is 14.7 Å². The van der Waals surface area contributed by atoms with Crippen molar-refractivity contribution >= 4 is 22.9 Å². The van der Waals surface area contributed by atoms with Crippen LogP contribution in [0.1, 0.15) is 26.5 Å². The highest BCUT2D eigenvalue weighted by Gasteiger charge is 2.12. The first-order valence-electron chi connectivity index (χ1n) is 5.19. The van der Waals surface area contributed by atoms with Crippen molar-refractivity contribution in [3.8, 4) is 0 Å². The molecule has 1 heterocycles. The number of esters is 1. The lowest BCUT2D eigenvalue weighted by molar-refractivity contribution is 0.0601. The molecule has 2 aromatic rings. The van der Waals surface area contributed by atoms with Crippen LogP contribution in [0, 0.1) is 6.92 Å². The molecule has 0 saturated carbocycles. The minimum atomic E-state index is -0.648. The van der Waals surface area contributed by atoms with E-state index in [1.54, 1.807) is 19.1 Å². The van der Waals surface area contributed by atoms with Crippen LogP contribution in [0.5, 0.6) is 0 Å². The maximum absolute atomic E-state index is 11.4. The van der Waals surface area contributed by atoms with Crippen LogP contribution in [0.2, 0.25) is 0 Å². The summed E-state index contributed by atoms with van der Waals surface area (Å²) in [6.45, 7) is 1.65. The lowest BCUT2D eigenvalue weighted by Gasteiger charge is -2.04. The molecule has 1 amide bonds. The van der Waals surface area contributed by atoms with E-state index >= 15 is 0 Å². The minimum absolute atomic E-state index is 0.101. The monoisotopic (exact) mass is 245 g/mol. The fourth-order valence-electron chi connectivity index (χ4n) is 1.62. The summed E-state index contributed by atoms with van der Waals surface area (Å²) >= 11 is 0. The fraction of sp³-hybridized carbons (Fsp3) is 0.167. The number of aromatic nitrogens is 2. The van der Waals surface area contributed by atoms with Gasteiger partial charge in [-0.15, -0.1) is 0 Å². The Labute approximate surface area is 103 Å². The molecule has 0 bridgehead atoms. The molecule has 0 unspecified atom stereocenters. The third kappa shape index (κ3) is 2.00. The van der Waals surface area contributed by atoms with Crippen LogP contribution >= 0.6 is 0 Å². The Hall–Kier alpha value is -2.50. The Kier molecular flexibility index (Phi) is 2.93. The Balaban J connectivity index is 2.65. The first-order chi connectivity index (χ1) is 8.52. The Morgan fingerprint density at radius 3 is 2.56 bits per heavy atom. The van der Waals surface area contributed by atoms with E-state index in [0.29, 0.717) is 22.3 Å². The molecule has 6 heteroatoms. The molecular weight excluding hydrogens is 234 g/mol. The van der Waals surface area contributed by atoms with Crippen LogP contribution < -0.4 is 5.73 Å². The minimum Gasteiger partial charge on any atom is -0.465 e. The van der Waals surface area contributed by atoms with Crippen molar-refractivity contribution < 1.29 is 14.3 Å². The molecule has 2 N–H and O–H groups in total. The molecule has 0 aliphatic carbocycles. The molecule has 0 fully saturated rings. The van der Waals surface area contributed by atoms with Crippen LogP contribution in [-0.2, 0) is 4.74 Å². The summed E-state index contributed by atoms with van der Waals surface area (Å²) in [5.74, 6) is -1.12. The van der Waals surface area contributed by atoms with Gasteiger partial charge in [-0.2, -0.15) is 0 Å². The van der Waals surface area contributed by atoms with Crippen molar-refractivity contribution in [1.82, 2.24) is 9.97 Å². The van der Waals surface area contributed by atoms with Gasteiger partial charge in [0.15, 0.2) is 0 Å². The maximum Gasteiger partial charge on any atom is 0.337 e. The molecule has 0 spiro atoms. The van der Waals surface area contributed by atoms with Crippen molar-refractivity contribution in [3.05, 3.63) is 35.2 Å². The van der Waals surface area contributed by atoms with Gasteiger partial charge >= 0.3 is 5.97 Å². The number of amides is 1. The number of ether oxygens (including phenoxy) is 1. The fourth-order valence-corrected chi connectivity index (χ4v) is 1.62. The van der Waals surface area contributed by atoms with Gasteiger partial charge in [0.2, 0.25) is 0 Å². The summed E-state index contributed by atoms with van der Waals surface area (Å²) in [7, 11) is 1.29. The average Bonchev–Trinajstić information content (AvgIpc) is 2.36. The molecule has 0 atom stereocenters. The standard InChI is InChI=1S/C12H11N3O3/c1-6-10(11(13)16)15-9-5-7(12(17)18-2)3-4-8(9)14-6/h3-5H,1-2H3,(H2,13,16). The van der Waals surface area contributed by atoms with Crippen molar-refractivity contribution in [1.29, 1.82) is 0 Å². The predicted molar refractivity (Wildman–Crippen MR) is 64.1 cm³/mol. The largest absolute Gasteiger partial charge is 0.465 e. The van der Waals surface area contributed by atoms with E-state index in [1.807, 2.05) is 0 Å². The van der Waals surface area contributed by atoms with Gasteiger partial charge < -0.3 is 10.5 Å². The summed E-state index contributed by atoms with van der Waals surface area (Å²) in [6, 6.07) is 4.75. The van der Waals surface area contributed by atoms with Gasteiger partial charge in [0.25, 0.3) is 5.91 Å². The Morgan fingerprint density at radius 1 is 1.22 bits per heavy atom. The van der Waals surface area contributed by atoms with Gasteiger partial charge in [-0.3, -0.25) is 4.79 Å². The molecule has 0 aliphatic rings. The van der Waals surface area contributed by atoms with Crippen LogP contribution in [0.4, 0.5) is 0 Å². The second-order valence-electron chi connectivity index (χ2n) is 3.72. The number of carbonyl (C=O) groups is 2. The van der Waals surface area contributed by atoms with E-state index in [0.717, 1.165) is 0 Å². The van der Waals surface area contributed by atoms with Crippen LogP contribution in [-0.4, -0.2) is 29.0 Å². The summed E-state index contributed by atoms with van der Waals surface area (Å²) in [6.07, 6.45) is 0. The zero-order chi connectivity index (χ0) is 13.3. The average molecular weight is 245 g/mol. The number of methoxy groups -OCH3 is 1. The molecular formula is C12H11N3O3. The molecule has 2 rings (SSSR count). The zero-order valence-corrected chi connectivity index (χ0v) is 9.93.